The summed E-state index contributed by atoms with van der Waals surface area (Å²) >= 11 is 0. The second-order valence-electron chi connectivity index (χ2n) is 8.39. The van der Waals surface area contributed by atoms with E-state index in [0.29, 0.717) is 23.6 Å². The minimum Gasteiger partial charge on any atom is -0.493 e. The largest absolute Gasteiger partial charge is 0.493 e. The van der Waals surface area contributed by atoms with Crippen molar-refractivity contribution in [2.45, 2.75) is 51.4 Å². The molecular formula is C23H27NO6. The summed E-state index contributed by atoms with van der Waals surface area (Å²) in [6, 6.07) is 5.35. The van der Waals surface area contributed by atoms with Crippen LogP contribution in [0.2, 0.25) is 0 Å². The first-order chi connectivity index (χ1) is 14.3. The Morgan fingerprint density at radius 3 is 2.47 bits per heavy atom. The molecule has 1 saturated carbocycles. The monoisotopic (exact) mass is 413 g/mol. The summed E-state index contributed by atoms with van der Waals surface area (Å²) < 4.78 is 19.0. The zero-order valence-corrected chi connectivity index (χ0v) is 17.7. The van der Waals surface area contributed by atoms with Crippen molar-refractivity contribution in [2.24, 2.45) is 5.92 Å². The molecule has 0 radical (unpaired) electrons. The Kier molecular flexibility index (Phi) is 5.32. The number of rotatable bonds is 6. The SMILES string of the molecule is COc1cc2c(cc1OC1CC(OC)C1)C[C@@H](C(C)C)n1cc(C(=O)O)c(=O)cc1-2. The van der Waals surface area contributed by atoms with E-state index in [2.05, 4.69) is 13.8 Å². The van der Waals surface area contributed by atoms with Gasteiger partial charge in [0.25, 0.3) is 0 Å². The highest BCUT2D eigenvalue weighted by atomic mass is 16.5. The van der Waals surface area contributed by atoms with E-state index in [1.54, 1.807) is 14.2 Å². The van der Waals surface area contributed by atoms with Crippen molar-refractivity contribution in [2.75, 3.05) is 14.2 Å². The number of ether oxygens (including phenoxy) is 3. The number of pyridine rings is 1. The molecule has 2 aromatic rings. The van der Waals surface area contributed by atoms with Crippen LogP contribution in [0.1, 0.15) is 48.7 Å². The first kappa shape index (κ1) is 20.5. The van der Waals surface area contributed by atoms with Gasteiger partial charge in [-0.3, -0.25) is 4.79 Å². The van der Waals surface area contributed by atoms with E-state index in [-0.39, 0.29) is 29.7 Å². The van der Waals surface area contributed by atoms with Crippen LogP contribution in [0.3, 0.4) is 0 Å². The molecule has 1 atom stereocenters. The summed E-state index contributed by atoms with van der Waals surface area (Å²) in [6.07, 6.45) is 4.23. The van der Waals surface area contributed by atoms with Gasteiger partial charge in [-0.1, -0.05) is 13.8 Å². The van der Waals surface area contributed by atoms with Gasteiger partial charge >= 0.3 is 5.97 Å². The first-order valence-electron chi connectivity index (χ1n) is 10.2. The van der Waals surface area contributed by atoms with E-state index in [1.807, 2.05) is 16.7 Å². The molecule has 1 fully saturated rings. The van der Waals surface area contributed by atoms with Gasteiger partial charge in [0, 0.05) is 43.8 Å². The number of hydrogen-bond acceptors (Lipinski definition) is 5. The van der Waals surface area contributed by atoms with Gasteiger partial charge in [-0.2, -0.15) is 0 Å². The van der Waals surface area contributed by atoms with Crippen molar-refractivity contribution in [1.29, 1.82) is 0 Å². The third kappa shape index (κ3) is 3.47. The van der Waals surface area contributed by atoms with Crippen LogP contribution in [0.25, 0.3) is 11.3 Å². The van der Waals surface area contributed by atoms with Crippen LogP contribution in [0.4, 0.5) is 0 Å². The Morgan fingerprint density at radius 1 is 1.13 bits per heavy atom. The summed E-state index contributed by atoms with van der Waals surface area (Å²) in [7, 11) is 3.30. The van der Waals surface area contributed by atoms with Crippen LogP contribution in [0, 0.1) is 5.92 Å². The number of benzene rings is 1. The third-order valence-corrected chi connectivity index (χ3v) is 6.21. The molecule has 7 heteroatoms. The molecule has 2 heterocycles. The zero-order chi connectivity index (χ0) is 21.6. The van der Waals surface area contributed by atoms with E-state index < -0.39 is 11.4 Å². The number of fused-ring (bicyclic) bond motifs is 3. The van der Waals surface area contributed by atoms with E-state index in [9.17, 15) is 14.7 Å². The number of aromatic carboxylic acids is 1. The molecule has 2 aliphatic rings. The van der Waals surface area contributed by atoms with Crippen molar-refractivity contribution in [3.8, 4) is 22.8 Å². The molecule has 1 aliphatic heterocycles. The number of carboxylic acids is 1. The fourth-order valence-electron chi connectivity index (χ4n) is 4.33. The van der Waals surface area contributed by atoms with E-state index in [1.165, 1.54) is 12.3 Å². The van der Waals surface area contributed by atoms with Crippen LogP contribution in [-0.2, 0) is 11.2 Å². The van der Waals surface area contributed by atoms with Crippen LogP contribution >= 0.6 is 0 Å². The van der Waals surface area contributed by atoms with E-state index >= 15 is 0 Å². The topological polar surface area (TPSA) is 87.0 Å². The molecule has 0 amide bonds. The lowest BCUT2D eigenvalue weighted by Gasteiger charge is -2.36. The molecule has 1 aromatic heterocycles. The fraction of sp³-hybridized carbons (Fsp3) is 0.478. The van der Waals surface area contributed by atoms with Gasteiger partial charge in [0.15, 0.2) is 16.9 Å². The quantitative estimate of drug-likeness (QED) is 0.780. The summed E-state index contributed by atoms with van der Waals surface area (Å²) in [6.45, 7) is 4.19. The highest BCUT2D eigenvalue weighted by Crippen LogP contribution is 2.43. The maximum Gasteiger partial charge on any atom is 0.341 e. The summed E-state index contributed by atoms with van der Waals surface area (Å²) in [5.41, 5.74) is 1.93. The molecule has 4 rings (SSSR count). The Hall–Kier alpha value is -2.80. The Bertz CT molecular complexity index is 1030. The predicted molar refractivity (Wildman–Crippen MR) is 112 cm³/mol. The second-order valence-corrected chi connectivity index (χ2v) is 8.39. The van der Waals surface area contributed by atoms with Crippen LogP contribution in [0.5, 0.6) is 11.5 Å². The molecule has 0 spiro atoms. The van der Waals surface area contributed by atoms with Crippen LogP contribution < -0.4 is 14.9 Å². The van der Waals surface area contributed by atoms with Crippen molar-refractivity contribution in [1.82, 2.24) is 4.57 Å². The molecule has 1 aliphatic carbocycles. The smallest absolute Gasteiger partial charge is 0.341 e. The number of hydrogen-bond donors (Lipinski definition) is 1. The Balaban J connectivity index is 1.79. The zero-order valence-electron chi connectivity index (χ0n) is 17.7. The molecular weight excluding hydrogens is 386 g/mol. The average Bonchev–Trinajstić information content (AvgIpc) is 2.68. The minimum absolute atomic E-state index is 0.0361. The van der Waals surface area contributed by atoms with Gasteiger partial charge in [0.1, 0.15) is 11.7 Å². The minimum atomic E-state index is -1.21. The average molecular weight is 413 g/mol. The summed E-state index contributed by atoms with van der Waals surface area (Å²) in [4.78, 5) is 23.9. The number of carboxylic acid groups (broad SMARTS) is 1. The van der Waals surface area contributed by atoms with Crippen molar-refractivity contribution < 1.29 is 24.1 Å². The number of carbonyl (C=O) groups is 1. The van der Waals surface area contributed by atoms with Gasteiger partial charge in [0.2, 0.25) is 0 Å². The molecule has 160 valence electrons. The number of nitrogens with zero attached hydrogens (tertiary/aromatic N) is 1. The lowest BCUT2D eigenvalue weighted by Crippen LogP contribution is -2.39. The van der Waals surface area contributed by atoms with Crippen molar-refractivity contribution in [3.63, 3.8) is 0 Å². The van der Waals surface area contributed by atoms with Crippen LogP contribution in [0.15, 0.2) is 29.2 Å². The summed E-state index contributed by atoms with van der Waals surface area (Å²) in [5, 5.41) is 9.40. The molecule has 30 heavy (non-hydrogen) atoms. The predicted octanol–water partition coefficient (Wildman–Crippen LogP) is 3.53. The standard InChI is InChI=1S/C23H27NO6/c1-12(2)18-5-13-6-22(30-15-7-14(8-15)28-3)21(29-4)9-16(13)19-10-20(25)17(23(26)27)11-24(18)19/h6,9-12,14-15,18H,5,7-8H2,1-4H3,(H,26,27)/t14?,15?,18-/m0/s1. The molecule has 0 saturated heterocycles. The van der Waals surface area contributed by atoms with Gasteiger partial charge in [-0.15, -0.1) is 0 Å². The lowest BCUT2D eigenvalue weighted by atomic mass is 9.87. The molecule has 0 unspecified atom stereocenters. The van der Waals surface area contributed by atoms with Crippen LogP contribution in [-0.4, -0.2) is 42.1 Å². The summed E-state index contributed by atoms with van der Waals surface area (Å²) in [5.74, 6) is 0.330. The normalized spacial score (nSPS) is 22.1. The maximum atomic E-state index is 12.4. The maximum absolute atomic E-state index is 12.4. The third-order valence-electron chi connectivity index (χ3n) is 6.21. The van der Waals surface area contributed by atoms with E-state index in [0.717, 1.165) is 24.0 Å². The highest BCUT2D eigenvalue weighted by molar-refractivity contribution is 5.88. The molecule has 1 aromatic carbocycles. The second kappa shape index (κ2) is 7.80. The first-order valence-corrected chi connectivity index (χ1v) is 10.2. The fourth-order valence-corrected chi connectivity index (χ4v) is 4.33. The molecule has 7 nitrogen and oxygen atoms in total. The van der Waals surface area contributed by atoms with E-state index in [4.69, 9.17) is 14.2 Å². The lowest BCUT2D eigenvalue weighted by molar-refractivity contribution is -0.0388. The van der Waals surface area contributed by atoms with Crippen molar-refractivity contribution >= 4 is 5.97 Å². The van der Waals surface area contributed by atoms with Gasteiger partial charge in [0.05, 0.1) is 18.9 Å². The Morgan fingerprint density at radius 2 is 1.87 bits per heavy atom. The molecule has 1 N–H and O–H groups in total. The van der Waals surface area contributed by atoms with Gasteiger partial charge in [-0.05, 0) is 30.0 Å². The molecule has 0 bridgehead atoms. The van der Waals surface area contributed by atoms with Gasteiger partial charge in [-0.25, -0.2) is 4.79 Å². The van der Waals surface area contributed by atoms with Gasteiger partial charge < -0.3 is 23.9 Å². The van der Waals surface area contributed by atoms with Crippen molar-refractivity contribution in [3.05, 3.63) is 45.7 Å². The number of aromatic nitrogens is 1. The Labute approximate surface area is 175 Å². The highest BCUT2D eigenvalue weighted by Gasteiger charge is 2.33. The number of methoxy groups -OCH3 is 2.